The molecule has 0 bridgehead atoms. The van der Waals surface area contributed by atoms with Gasteiger partial charge in [-0.15, -0.1) is 0 Å². The predicted octanol–water partition coefficient (Wildman–Crippen LogP) is 1.04. The summed E-state index contributed by atoms with van der Waals surface area (Å²) in [5.74, 6) is -1.02. The first kappa shape index (κ1) is 13.0. The molecule has 0 saturated heterocycles. The Morgan fingerprint density at radius 2 is 2.12 bits per heavy atom. The van der Waals surface area contributed by atoms with Crippen LogP contribution in [0.5, 0.6) is 0 Å². The van der Waals surface area contributed by atoms with Crippen molar-refractivity contribution in [2.75, 3.05) is 11.9 Å². The molecule has 0 aromatic carbocycles. The second-order valence-corrected chi connectivity index (χ2v) is 3.56. The van der Waals surface area contributed by atoms with Crippen LogP contribution in [0.3, 0.4) is 0 Å². The van der Waals surface area contributed by atoms with Gasteiger partial charge in [-0.25, -0.2) is 4.79 Å². The van der Waals surface area contributed by atoms with Crippen molar-refractivity contribution in [3.8, 4) is 0 Å². The first-order chi connectivity index (χ1) is 7.91. The van der Waals surface area contributed by atoms with E-state index < -0.39 is 17.4 Å². The molecule has 0 radical (unpaired) electrons. The number of carbonyl (C=O) groups is 2. The summed E-state index contributed by atoms with van der Waals surface area (Å²) in [5.41, 5.74) is -0.483. The van der Waals surface area contributed by atoms with Crippen molar-refractivity contribution in [3.05, 3.63) is 27.8 Å². The maximum Gasteiger partial charge on any atom is 0.348 e. The van der Waals surface area contributed by atoms with E-state index in [-0.39, 0.29) is 18.5 Å². The normalized spacial score (nSPS) is 10.0. The molecule has 0 spiro atoms. The third-order valence-electron chi connectivity index (χ3n) is 2.08. The van der Waals surface area contributed by atoms with Crippen molar-refractivity contribution >= 4 is 17.4 Å². The Bertz CT molecular complexity index is 503. The van der Waals surface area contributed by atoms with Gasteiger partial charge in [0.1, 0.15) is 11.3 Å². The summed E-state index contributed by atoms with van der Waals surface area (Å²) >= 11 is 0. The number of carboxylic acids is 1. The minimum Gasteiger partial charge on any atom is -0.481 e. The fourth-order valence-corrected chi connectivity index (χ4v) is 1.39. The summed E-state index contributed by atoms with van der Waals surface area (Å²) in [5, 5.41) is 11.2. The molecule has 6 heteroatoms. The Morgan fingerprint density at radius 3 is 2.65 bits per heavy atom. The molecule has 1 aromatic rings. The second-order valence-electron chi connectivity index (χ2n) is 3.56. The fraction of sp³-hybridized carbons (Fsp3) is 0.364. The molecule has 1 rings (SSSR count). The zero-order chi connectivity index (χ0) is 13.0. The van der Waals surface area contributed by atoms with Gasteiger partial charge in [-0.05, 0) is 13.8 Å². The van der Waals surface area contributed by atoms with Gasteiger partial charge < -0.3 is 14.8 Å². The number of hydrogen-bond donors (Lipinski definition) is 2. The van der Waals surface area contributed by atoms with Crippen molar-refractivity contribution in [2.24, 2.45) is 0 Å². The van der Waals surface area contributed by atoms with Crippen molar-refractivity contribution in [3.63, 3.8) is 0 Å². The molecule has 2 N–H and O–H groups in total. The molecule has 17 heavy (non-hydrogen) atoms. The third-order valence-corrected chi connectivity index (χ3v) is 2.08. The molecule has 0 saturated carbocycles. The summed E-state index contributed by atoms with van der Waals surface area (Å²) in [4.78, 5) is 33.1. The predicted molar refractivity (Wildman–Crippen MR) is 60.5 cm³/mol. The summed E-state index contributed by atoms with van der Waals surface area (Å²) in [6.45, 7) is 2.97. The minimum absolute atomic E-state index is 0.0824. The van der Waals surface area contributed by atoms with Crippen LogP contribution in [0.15, 0.2) is 15.3 Å². The van der Waals surface area contributed by atoms with E-state index in [0.717, 1.165) is 0 Å². The smallest absolute Gasteiger partial charge is 0.348 e. The highest BCUT2D eigenvalue weighted by molar-refractivity contribution is 5.99. The van der Waals surface area contributed by atoms with Gasteiger partial charge in [0.15, 0.2) is 5.78 Å². The third kappa shape index (κ3) is 3.44. The Kier molecular flexibility index (Phi) is 4.03. The number of nitrogens with one attached hydrogen (secondary N) is 1. The largest absolute Gasteiger partial charge is 0.481 e. The summed E-state index contributed by atoms with van der Waals surface area (Å²) in [6.07, 6.45) is -0.101. The number of carboxylic acid groups (broad SMARTS) is 1. The molecule has 0 atom stereocenters. The van der Waals surface area contributed by atoms with Crippen LogP contribution in [0.25, 0.3) is 0 Å². The average molecular weight is 239 g/mol. The number of aliphatic carboxylic acids is 1. The molecule has 0 aliphatic carbocycles. The summed E-state index contributed by atoms with van der Waals surface area (Å²) in [6, 6.07) is 1.50. The van der Waals surface area contributed by atoms with Crippen LogP contribution in [0.4, 0.5) is 5.69 Å². The van der Waals surface area contributed by atoms with Gasteiger partial charge in [0, 0.05) is 12.6 Å². The Morgan fingerprint density at radius 1 is 1.47 bits per heavy atom. The number of carbonyl (C=O) groups excluding carboxylic acids is 1. The molecule has 0 unspecified atom stereocenters. The van der Waals surface area contributed by atoms with Gasteiger partial charge in [-0.1, -0.05) is 0 Å². The van der Waals surface area contributed by atoms with Crippen LogP contribution in [0.1, 0.15) is 29.5 Å². The van der Waals surface area contributed by atoms with Gasteiger partial charge in [0.2, 0.25) is 0 Å². The van der Waals surface area contributed by atoms with E-state index in [2.05, 4.69) is 5.32 Å². The van der Waals surface area contributed by atoms with E-state index in [1.54, 1.807) is 6.92 Å². The van der Waals surface area contributed by atoms with E-state index in [1.807, 2.05) is 0 Å². The lowest BCUT2D eigenvalue weighted by molar-refractivity contribution is -0.136. The van der Waals surface area contributed by atoms with E-state index in [4.69, 9.17) is 9.52 Å². The van der Waals surface area contributed by atoms with E-state index in [0.29, 0.717) is 11.4 Å². The van der Waals surface area contributed by atoms with Crippen LogP contribution in [-0.4, -0.2) is 23.4 Å². The Labute approximate surface area is 97.3 Å². The number of Topliss-reactive ketones (excluding diaryl/α,β-unsaturated/α-hetero) is 1. The SMILES string of the molecule is CC(=O)c1c(NCCC(=O)O)cc(C)oc1=O. The Balaban J connectivity index is 3.00. The van der Waals surface area contributed by atoms with Crippen LogP contribution >= 0.6 is 0 Å². The average Bonchev–Trinajstić information content (AvgIpc) is 2.14. The quantitative estimate of drug-likeness (QED) is 0.745. The van der Waals surface area contributed by atoms with E-state index in [1.165, 1.54) is 13.0 Å². The van der Waals surface area contributed by atoms with Crippen molar-refractivity contribution < 1.29 is 19.1 Å². The molecule has 6 nitrogen and oxygen atoms in total. The van der Waals surface area contributed by atoms with Crippen LogP contribution in [-0.2, 0) is 4.79 Å². The molecular formula is C11H13NO5. The molecule has 1 heterocycles. The number of anilines is 1. The first-order valence-corrected chi connectivity index (χ1v) is 5.03. The lowest BCUT2D eigenvalue weighted by Gasteiger charge is -2.08. The van der Waals surface area contributed by atoms with Crippen LogP contribution in [0.2, 0.25) is 0 Å². The van der Waals surface area contributed by atoms with Gasteiger partial charge in [-0.2, -0.15) is 0 Å². The fourth-order valence-electron chi connectivity index (χ4n) is 1.39. The Hall–Kier alpha value is -2.11. The second kappa shape index (κ2) is 5.29. The lowest BCUT2D eigenvalue weighted by Crippen LogP contribution is -2.18. The topological polar surface area (TPSA) is 96.6 Å². The number of rotatable bonds is 5. The van der Waals surface area contributed by atoms with E-state index >= 15 is 0 Å². The number of hydrogen-bond acceptors (Lipinski definition) is 5. The molecule has 0 amide bonds. The molecule has 0 fully saturated rings. The lowest BCUT2D eigenvalue weighted by atomic mass is 10.1. The van der Waals surface area contributed by atoms with Gasteiger partial charge in [-0.3, -0.25) is 9.59 Å². The summed E-state index contributed by atoms with van der Waals surface area (Å²) < 4.78 is 4.80. The van der Waals surface area contributed by atoms with Gasteiger partial charge >= 0.3 is 11.6 Å². The molecular weight excluding hydrogens is 226 g/mol. The highest BCUT2D eigenvalue weighted by Gasteiger charge is 2.14. The first-order valence-electron chi connectivity index (χ1n) is 5.03. The van der Waals surface area contributed by atoms with E-state index in [9.17, 15) is 14.4 Å². The maximum absolute atomic E-state index is 11.5. The van der Waals surface area contributed by atoms with Crippen LogP contribution in [0, 0.1) is 6.92 Å². The zero-order valence-corrected chi connectivity index (χ0v) is 9.57. The number of ketones is 1. The molecule has 0 aliphatic heterocycles. The molecule has 0 aliphatic rings. The highest BCUT2D eigenvalue weighted by Crippen LogP contribution is 2.14. The summed E-state index contributed by atoms with van der Waals surface area (Å²) in [7, 11) is 0. The van der Waals surface area contributed by atoms with Crippen molar-refractivity contribution in [1.29, 1.82) is 0 Å². The standard InChI is InChI=1S/C11H13NO5/c1-6-5-8(12-4-3-9(14)15)10(7(2)13)11(16)17-6/h5,12H,3-4H2,1-2H3,(H,14,15). The van der Waals surface area contributed by atoms with Crippen molar-refractivity contribution in [2.45, 2.75) is 20.3 Å². The number of aryl methyl sites for hydroxylation is 1. The molecule has 92 valence electrons. The zero-order valence-electron chi connectivity index (χ0n) is 9.57. The van der Waals surface area contributed by atoms with Crippen LogP contribution < -0.4 is 10.9 Å². The van der Waals surface area contributed by atoms with Gasteiger partial charge in [0.05, 0.1) is 12.1 Å². The van der Waals surface area contributed by atoms with Gasteiger partial charge in [0.25, 0.3) is 0 Å². The highest BCUT2D eigenvalue weighted by atomic mass is 16.4. The maximum atomic E-state index is 11.5. The minimum atomic E-state index is -0.957. The van der Waals surface area contributed by atoms with Crippen molar-refractivity contribution in [1.82, 2.24) is 0 Å². The monoisotopic (exact) mass is 239 g/mol. The molecule has 1 aromatic heterocycles.